The second-order valence-corrected chi connectivity index (χ2v) is 4.74. The monoisotopic (exact) mass is 255 g/mol. The van der Waals surface area contributed by atoms with Crippen LogP contribution >= 0.6 is 0 Å². The summed E-state index contributed by atoms with van der Waals surface area (Å²) in [7, 11) is 0. The Labute approximate surface area is 113 Å². The van der Waals surface area contributed by atoms with Gasteiger partial charge in [-0.1, -0.05) is 53.7 Å². The highest BCUT2D eigenvalue weighted by atomic mass is 16.5. The van der Waals surface area contributed by atoms with Gasteiger partial charge in [0.05, 0.1) is 0 Å². The molecule has 19 heavy (non-hydrogen) atoms. The molecule has 0 radical (unpaired) electrons. The zero-order valence-corrected chi connectivity index (χ0v) is 11.1. The zero-order chi connectivity index (χ0) is 13.7. The van der Waals surface area contributed by atoms with Gasteiger partial charge in [-0.05, 0) is 26.0 Å². The average molecular weight is 255 g/mol. The summed E-state index contributed by atoms with van der Waals surface area (Å²) in [5.41, 5.74) is 0.611. The standard InChI is InChI=1S/C16H17NO2/c1-16(2,19-14-11-7-4-8-12-14)15(17-18)13-9-5-3-6-10-13/h3-12,18H,1-2H3. The van der Waals surface area contributed by atoms with Crippen LogP contribution in [0.1, 0.15) is 19.4 Å². The third-order valence-corrected chi connectivity index (χ3v) is 2.83. The first-order valence-electron chi connectivity index (χ1n) is 6.15. The van der Waals surface area contributed by atoms with Gasteiger partial charge in [0.25, 0.3) is 0 Å². The van der Waals surface area contributed by atoms with Crippen LogP contribution in [0.3, 0.4) is 0 Å². The van der Waals surface area contributed by atoms with Gasteiger partial charge in [0.1, 0.15) is 17.1 Å². The van der Waals surface area contributed by atoms with Crippen molar-refractivity contribution < 1.29 is 9.94 Å². The number of oxime groups is 1. The predicted octanol–water partition coefficient (Wildman–Crippen LogP) is 3.72. The summed E-state index contributed by atoms with van der Waals surface area (Å²) < 4.78 is 5.92. The van der Waals surface area contributed by atoms with E-state index >= 15 is 0 Å². The second kappa shape index (κ2) is 5.57. The Hall–Kier alpha value is -2.29. The molecule has 0 aliphatic heterocycles. The minimum Gasteiger partial charge on any atom is -0.481 e. The van der Waals surface area contributed by atoms with E-state index in [0.717, 1.165) is 11.3 Å². The summed E-state index contributed by atoms with van der Waals surface area (Å²) in [6.07, 6.45) is 0. The number of hydrogen-bond acceptors (Lipinski definition) is 3. The minimum absolute atomic E-state index is 0.497. The smallest absolute Gasteiger partial charge is 0.149 e. The Morgan fingerprint density at radius 2 is 1.47 bits per heavy atom. The molecule has 0 spiro atoms. The maximum Gasteiger partial charge on any atom is 0.149 e. The van der Waals surface area contributed by atoms with Gasteiger partial charge in [0.2, 0.25) is 0 Å². The Balaban J connectivity index is 2.27. The summed E-state index contributed by atoms with van der Waals surface area (Å²) in [5, 5.41) is 12.7. The van der Waals surface area contributed by atoms with Gasteiger partial charge >= 0.3 is 0 Å². The molecule has 2 aromatic rings. The van der Waals surface area contributed by atoms with Crippen molar-refractivity contribution in [3.63, 3.8) is 0 Å². The highest BCUT2D eigenvalue weighted by Crippen LogP contribution is 2.22. The van der Waals surface area contributed by atoms with E-state index < -0.39 is 5.60 Å². The fourth-order valence-electron chi connectivity index (χ4n) is 1.95. The molecule has 0 bridgehead atoms. The molecule has 3 heteroatoms. The van der Waals surface area contributed by atoms with Crippen LogP contribution in [0.5, 0.6) is 5.75 Å². The summed E-state index contributed by atoms with van der Waals surface area (Å²) in [6, 6.07) is 19.0. The van der Waals surface area contributed by atoms with Crippen molar-refractivity contribution in [1.29, 1.82) is 0 Å². The van der Waals surface area contributed by atoms with Crippen LogP contribution in [-0.4, -0.2) is 16.5 Å². The maximum absolute atomic E-state index is 9.30. The zero-order valence-electron chi connectivity index (χ0n) is 11.1. The van der Waals surface area contributed by atoms with Gasteiger partial charge in [-0.3, -0.25) is 0 Å². The molecule has 0 aliphatic carbocycles. The molecule has 98 valence electrons. The lowest BCUT2D eigenvalue weighted by molar-refractivity contribution is 0.176. The third-order valence-electron chi connectivity index (χ3n) is 2.83. The summed E-state index contributed by atoms with van der Waals surface area (Å²) >= 11 is 0. The number of nitrogens with zero attached hydrogens (tertiary/aromatic N) is 1. The van der Waals surface area contributed by atoms with Crippen LogP contribution in [-0.2, 0) is 0 Å². The quantitative estimate of drug-likeness (QED) is 0.514. The molecule has 0 unspecified atom stereocenters. The molecule has 0 heterocycles. The van der Waals surface area contributed by atoms with Gasteiger partial charge in [-0.15, -0.1) is 0 Å². The maximum atomic E-state index is 9.30. The largest absolute Gasteiger partial charge is 0.481 e. The minimum atomic E-state index is -0.725. The van der Waals surface area contributed by atoms with E-state index in [9.17, 15) is 5.21 Å². The number of para-hydroxylation sites is 1. The second-order valence-electron chi connectivity index (χ2n) is 4.74. The van der Waals surface area contributed by atoms with Crippen molar-refractivity contribution in [2.24, 2.45) is 5.16 Å². The first-order valence-corrected chi connectivity index (χ1v) is 6.15. The number of benzene rings is 2. The molecule has 0 amide bonds. The van der Waals surface area contributed by atoms with Gasteiger partial charge in [0, 0.05) is 5.56 Å². The first kappa shape index (κ1) is 13.1. The number of rotatable bonds is 4. The van der Waals surface area contributed by atoms with Gasteiger partial charge in [-0.25, -0.2) is 0 Å². The van der Waals surface area contributed by atoms with Gasteiger partial charge < -0.3 is 9.94 Å². The van der Waals surface area contributed by atoms with Gasteiger partial charge in [0.15, 0.2) is 0 Å². The van der Waals surface area contributed by atoms with E-state index in [2.05, 4.69) is 5.16 Å². The lowest BCUT2D eigenvalue weighted by Gasteiger charge is -2.27. The molecule has 0 saturated heterocycles. The average Bonchev–Trinajstić information content (AvgIpc) is 2.41. The normalized spacial score (nSPS) is 12.2. The Kier molecular flexibility index (Phi) is 3.85. The molecule has 0 fully saturated rings. The topological polar surface area (TPSA) is 41.8 Å². The highest BCUT2D eigenvalue weighted by Gasteiger charge is 2.29. The predicted molar refractivity (Wildman–Crippen MR) is 75.9 cm³/mol. The van der Waals surface area contributed by atoms with Crippen molar-refractivity contribution in [2.75, 3.05) is 0 Å². The van der Waals surface area contributed by atoms with Crippen molar-refractivity contribution in [3.05, 3.63) is 66.2 Å². The third kappa shape index (κ3) is 3.13. The van der Waals surface area contributed by atoms with Crippen molar-refractivity contribution >= 4 is 5.71 Å². The molecule has 2 rings (SSSR count). The van der Waals surface area contributed by atoms with Crippen molar-refractivity contribution in [3.8, 4) is 5.75 Å². The molecule has 0 atom stereocenters. The van der Waals surface area contributed by atoms with E-state index in [1.165, 1.54) is 0 Å². The lowest BCUT2D eigenvalue weighted by atomic mass is 9.95. The number of ether oxygens (including phenoxy) is 1. The molecule has 1 N–H and O–H groups in total. The Morgan fingerprint density at radius 1 is 0.947 bits per heavy atom. The number of hydrogen-bond donors (Lipinski definition) is 1. The fourth-order valence-corrected chi connectivity index (χ4v) is 1.95. The molecular weight excluding hydrogens is 238 g/mol. The van der Waals surface area contributed by atoms with E-state index in [1.54, 1.807) is 0 Å². The molecule has 2 aromatic carbocycles. The molecule has 0 aromatic heterocycles. The summed E-state index contributed by atoms with van der Waals surface area (Å²) in [5.74, 6) is 0.740. The first-order chi connectivity index (χ1) is 9.13. The van der Waals surface area contributed by atoms with Crippen LogP contribution in [0.15, 0.2) is 65.8 Å². The SMILES string of the molecule is CC(C)(Oc1ccccc1)C(=NO)c1ccccc1. The summed E-state index contributed by atoms with van der Waals surface area (Å²) in [6.45, 7) is 3.75. The molecule has 0 aliphatic rings. The van der Waals surface area contributed by atoms with Crippen molar-refractivity contribution in [2.45, 2.75) is 19.4 Å². The lowest BCUT2D eigenvalue weighted by Crippen LogP contribution is -2.39. The van der Waals surface area contributed by atoms with E-state index in [-0.39, 0.29) is 0 Å². The van der Waals surface area contributed by atoms with Crippen LogP contribution in [0, 0.1) is 0 Å². The van der Waals surface area contributed by atoms with Crippen LogP contribution in [0.2, 0.25) is 0 Å². The highest BCUT2D eigenvalue weighted by molar-refractivity contribution is 6.06. The molecule has 0 saturated carbocycles. The van der Waals surface area contributed by atoms with E-state index in [4.69, 9.17) is 4.74 Å². The van der Waals surface area contributed by atoms with Gasteiger partial charge in [-0.2, -0.15) is 0 Å². The van der Waals surface area contributed by atoms with Crippen LogP contribution in [0.4, 0.5) is 0 Å². The van der Waals surface area contributed by atoms with Crippen molar-refractivity contribution in [1.82, 2.24) is 0 Å². The van der Waals surface area contributed by atoms with Crippen LogP contribution in [0.25, 0.3) is 0 Å². The fraction of sp³-hybridized carbons (Fsp3) is 0.188. The van der Waals surface area contributed by atoms with E-state index in [0.29, 0.717) is 5.71 Å². The van der Waals surface area contributed by atoms with E-state index in [1.807, 2.05) is 74.5 Å². The van der Waals surface area contributed by atoms with Crippen LogP contribution < -0.4 is 4.74 Å². The summed E-state index contributed by atoms with van der Waals surface area (Å²) in [4.78, 5) is 0. The Bertz CT molecular complexity index is 547. The Morgan fingerprint density at radius 3 is 2.00 bits per heavy atom. The molecular formula is C16H17NO2. The molecule has 3 nitrogen and oxygen atoms in total.